The highest BCUT2D eigenvalue weighted by Gasteiger charge is 2.20. The van der Waals surface area contributed by atoms with Gasteiger partial charge >= 0.3 is 5.69 Å². The molecule has 4 aromatic rings. The van der Waals surface area contributed by atoms with Gasteiger partial charge < -0.3 is 0 Å². The standard InChI is InChI=1S/C19H18N4OS/c1-4-11-22-18-15(14(5-2)12(3)25-18)17-20-16(21-23(17)19(22)24)13-9-7-6-8-10-13/h4,6-10H,1,5,11H2,2-3H3. The second-order valence-electron chi connectivity index (χ2n) is 5.89. The summed E-state index contributed by atoms with van der Waals surface area (Å²) >= 11 is 1.64. The topological polar surface area (TPSA) is 52.2 Å². The van der Waals surface area contributed by atoms with E-state index in [0.717, 1.165) is 22.2 Å². The van der Waals surface area contributed by atoms with Crippen LogP contribution in [0.3, 0.4) is 0 Å². The summed E-state index contributed by atoms with van der Waals surface area (Å²) in [6.45, 7) is 8.46. The van der Waals surface area contributed by atoms with Crippen LogP contribution in [-0.2, 0) is 13.0 Å². The number of hydrogen-bond acceptors (Lipinski definition) is 4. The van der Waals surface area contributed by atoms with Crippen molar-refractivity contribution in [2.45, 2.75) is 26.8 Å². The maximum Gasteiger partial charge on any atom is 0.352 e. The summed E-state index contributed by atoms with van der Waals surface area (Å²) in [5.74, 6) is 0.571. The van der Waals surface area contributed by atoms with E-state index >= 15 is 0 Å². The van der Waals surface area contributed by atoms with Gasteiger partial charge in [-0.2, -0.15) is 4.52 Å². The highest BCUT2D eigenvalue weighted by atomic mass is 32.1. The van der Waals surface area contributed by atoms with Gasteiger partial charge in [0.15, 0.2) is 11.5 Å². The lowest BCUT2D eigenvalue weighted by molar-refractivity contribution is 0.733. The predicted octanol–water partition coefficient (Wildman–Crippen LogP) is 3.83. The lowest BCUT2D eigenvalue weighted by Crippen LogP contribution is -2.27. The first-order valence-electron chi connectivity index (χ1n) is 8.23. The van der Waals surface area contributed by atoms with Crippen LogP contribution in [0.2, 0.25) is 0 Å². The summed E-state index contributed by atoms with van der Waals surface area (Å²) in [5.41, 5.74) is 2.59. The lowest BCUT2D eigenvalue weighted by atomic mass is 10.1. The molecule has 0 fully saturated rings. The van der Waals surface area contributed by atoms with Crippen LogP contribution in [0.1, 0.15) is 17.4 Å². The number of allylic oxidation sites excluding steroid dienone is 1. The lowest BCUT2D eigenvalue weighted by Gasteiger charge is -2.05. The van der Waals surface area contributed by atoms with E-state index in [1.54, 1.807) is 22.0 Å². The molecule has 0 unspecified atom stereocenters. The number of nitrogens with zero attached hydrogens (tertiary/aromatic N) is 4. The summed E-state index contributed by atoms with van der Waals surface area (Å²) in [6, 6.07) is 9.74. The van der Waals surface area contributed by atoms with Gasteiger partial charge in [0.1, 0.15) is 4.83 Å². The Balaban J connectivity index is 2.16. The van der Waals surface area contributed by atoms with Crippen molar-refractivity contribution < 1.29 is 0 Å². The van der Waals surface area contributed by atoms with Crippen LogP contribution < -0.4 is 5.69 Å². The van der Waals surface area contributed by atoms with Gasteiger partial charge in [0, 0.05) is 17.0 Å². The molecule has 3 heterocycles. The van der Waals surface area contributed by atoms with E-state index in [9.17, 15) is 4.79 Å². The van der Waals surface area contributed by atoms with E-state index < -0.39 is 0 Å². The Hall–Kier alpha value is -2.73. The summed E-state index contributed by atoms with van der Waals surface area (Å²) in [5, 5.41) is 5.53. The zero-order valence-electron chi connectivity index (χ0n) is 14.2. The van der Waals surface area contributed by atoms with Gasteiger partial charge in [-0.05, 0) is 18.9 Å². The molecule has 0 amide bonds. The number of benzene rings is 1. The third-order valence-electron chi connectivity index (χ3n) is 4.38. The molecule has 1 aromatic carbocycles. The molecule has 6 heteroatoms. The van der Waals surface area contributed by atoms with Crippen molar-refractivity contribution in [3.63, 3.8) is 0 Å². The second-order valence-corrected chi connectivity index (χ2v) is 7.09. The van der Waals surface area contributed by atoms with E-state index in [1.807, 2.05) is 30.3 Å². The predicted molar refractivity (Wildman–Crippen MR) is 102 cm³/mol. The zero-order valence-corrected chi connectivity index (χ0v) is 15.0. The fourth-order valence-corrected chi connectivity index (χ4v) is 4.46. The Morgan fingerprint density at radius 2 is 2.04 bits per heavy atom. The van der Waals surface area contributed by atoms with Crippen molar-refractivity contribution in [1.82, 2.24) is 19.2 Å². The number of aromatic nitrogens is 4. The van der Waals surface area contributed by atoms with Crippen LogP contribution in [0, 0.1) is 6.92 Å². The highest BCUT2D eigenvalue weighted by Crippen LogP contribution is 2.33. The normalized spacial score (nSPS) is 11.4. The van der Waals surface area contributed by atoms with Gasteiger partial charge in [0.2, 0.25) is 0 Å². The van der Waals surface area contributed by atoms with Crippen molar-refractivity contribution in [3.05, 3.63) is 63.9 Å². The molecule has 0 radical (unpaired) electrons. The zero-order chi connectivity index (χ0) is 17.6. The SMILES string of the molecule is C=CCn1c(=O)n2nc(-c3ccccc3)nc2c2c(CC)c(C)sc21. The minimum Gasteiger partial charge on any atom is -0.279 e. The van der Waals surface area contributed by atoms with Gasteiger partial charge in [-0.15, -0.1) is 23.0 Å². The quantitative estimate of drug-likeness (QED) is 0.526. The molecule has 5 nitrogen and oxygen atoms in total. The Morgan fingerprint density at radius 1 is 1.28 bits per heavy atom. The summed E-state index contributed by atoms with van der Waals surface area (Å²) in [6.07, 6.45) is 2.63. The van der Waals surface area contributed by atoms with Gasteiger partial charge in [0.25, 0.3) is 0 Å². The average molecular weight is 350 g/mol. The van der Waals surface area contributed by atoms with E-state index in [-0.39, 0.29) is 5.69 Å². The number of fused-ring (bicyclic) bond motifs is 3. The van der Waals surface area contributed by atoms with Crippen molar-refractivity contribution >= 4 is 27.2 Å². The summed E-state index contributed by atoms with van der Waals surface area (Å²) < 4.78 is 3.16. The molecule has 0 bridgehead atoms. The van der Waals surface area contributed by atoms with Gasteiger partial charge in [-0.25, -0.2) is 9.78 Å². The van der Waals surface area contributed by atoms with E-state index in [4.69, 9.17) is 4.98 Å². The monoisotopic (exact) mass is 350 g/mol. The Morgan fingerprint density at radius 3 is 2.72 bits per heavy atom. The Kier molecular flexibility index (Phi) is 3.77. The molecule has 0 aliphatic rings. The number of hydrogen-bond donors (Lipinski definition) is 0. The molecule has 0 aliphatic carbocycles. The summed E-state index contributed by atoms with van der Waals surface area (Å²) in [4.78, 5) is 19.8. The van der Waals surface area contributed by atoms with Crippen LogP contribution in [0.15, 0.2) is 47.8 Å². The molecule has 0 spiro atoms. The van der Waals surface area contributed by atoms with Crippen LogP contribution >= 0.6 is 11.3 Å². The van der Waals surface area contributed by atoms with Gasteiger partial charge in [-0.3, -0.25) is 4.57 Å². The molecule has 3 aromatic heterocycles. The molecule has 0 saturated carbocycles. The van der Waals surface area contributed by atoms with E-state index in [0.29, 0.717) is 18.0 Å². The first kappa shape index (κ1) is 15.8. The maximum absolute atomic E-state index is 13.0. The minimum absolute atomic E-state index is 0.180. The van der Waals surface area contributed by atoms with Crippen LogP contribution in [0.25, 0.3) is 27.3 Å². The molecule has 4 rings (SSSR count). The fraction of sp³-hybridized carbons (Fsp3) is 0.211. The van der Waals surface area contributed by atoms with Gasteiger partial charge in [-0.1, -0.05) is 43.3 Å². The first-order chi connectivity index (χ1) is 12.2. The molecule has 0 N–H and O–H groups in total. The minimum atomic E-state index is -0.180. The van der Waals surface area contributed by atoms with Crippen molar-refractivity contribution in [1.29, 1.82) is 0 Å². The highest BCUT2D eigenvalue weighted by molar-refractivity contribution is 7.19. The number of rotatable bonds is 4. The number of thiophene rings is 1. The van der Waals surface area contributed by atoms with E-state index in [1.165, 1.54) is 15.0 Å². The van der Waals surface area contributed by atoms with Crippen molar-refractivity contribution in [3.8, 4) is 11.4 Å². The third-order valence-corrected chi connectivity index (χ3v) is 5.55. The van der Waals surface area contributed by atoms with Crippen LogP contribution in [0.4, 0.5) is 0 Å². The summed E-state index contributed by atoms with van der Waals surface area (Å²) in [7, 11) is 0. The average Bonchev–Trinajstić information content (AvgIpc) is 3.20. The van der Waals surface area contributed by atoms with Crippen molar-refractivity contribution in [2.75, 3.05) is 0 Å². The first-order valence-corrected chi connectivity index (χ1v) is 9.05. The van der Waals surface area contributed by atoms with Crippen LogP contribution in [-0.4, -0.2) is 19.2 Å². The van der Waals surface area contributed by atoms with E-state index in [2.05, 4.69) is 25.5 Å². The Labute approximate surface area is 148 Å². The largest absolute Gasteiger partial charge is 0.352 e. The number of aryl methyl sites for hydroxylation is 2. The fourth-order valence-electron chi connectivity index (χ4n) is 3.22. The molecule has 0 atom stereocenters. The molecule has 0 saturated heterocycles. The molecular weight excluding hydrogens is 332 g/mol. The molecule has 0 aliphatic heterocycles. The molecule has 126 valence electrons. The van der Waals surface area contributed by atoms with Crippen LogP contribution in [0.5, 0.6) is 0 Å². The maximum atomic E-state index is 13.0. The smallest absolute Gasteiger partial charge is 0.279 e. The molecule has 25 heavy (non-hydrogen) atoms. The third kappa shape index (κ3) is 2.33. The Bertz CT molecular complexity index is 1150. The second kappa shape index (κ2) is 5.97. The van der Waals surface area contributed by atoms with Gasteiger partial charge in [0.05, 0.1) is 5.39 Å². The molecular formula is C19H18N4OS. The van der Waals surface area contributed by atoms with Crippen molar-refractivity contribution in [2.24, 2.45) is 0 Å².